The van der Waals surface area contributed by atoms with Gasteiger partial charge >= 0.3 is 0 Å². The molecule has 0 bridgehead atoms. The number of nitrogens with zero attached hydrogens (tertiary/aromatic N) is 5. The lowest BCUT2D eigenvalue weighted by molar-refractivity contribution is 0.0954. The van der Waals surface area contributed by atoms with E-state index in [9.17, 15) is 13.2 Å². The van der Waals surface area contributed by atoms with E-state index in [0.29, 0.717) is 47.9 Å². The highest BCUT2D eigenvalue weighted by Gasteiger charge is 2.19. The molecule has 176 valence electrons. The predicted molar refractivity (Wildman–Crippen MR) is 122 cm³/mol. The molecule has 0 unspecified atom stereocenters. The van der Waals surface area contributed by atoms with Gasteiger partial charge in [-0.2, -0.15) is 5.10 Å². The van der Waals surface area contributed by atoms with Crippen LogP contribution in [0.3, 0.4) is 0 Å². The highest BCUT2D eigenvalue weighted by atomic mass is 32.2. The lowest BCUT2D eigenvalue weighted by atomic mass is 10.1. The lowest BCUT2D eigenvalue weighted by Gasteiger charge is -2.08. The highest BCUT2D eigenvalue weighted by molar-refractivity contribution is 7.90. The van der Waals surface area contributed by atoms with Crippen LogP contribution in [0.2, 0.25) is 0 Å². The molecule has 0 fully saturated rings. The lowest BCUT2D eigenvalue weighted by Crippen LogP contribution is -2.25. The fourth-order valence-electron chi connectivity index (χ4n) is 3.82. The van der Waals surface area contributed by atoms with E-state index in [1.807, 2.05) is 31.2 Å². The third kappa shape index (κ3) is 4.07. The average molecular weight is 483 g/mol. The second-order valence-electron chi connectivity index (χ2n) is 7.93. The van der Waals surface area contributed by atoms with Gasteiger partial charge in [-0.05, 0) is 37.6 Å². The number of aryl methyl sites for hydroxylation is 2. The number of ether oxygens (including phenoxy) is 2. The molecular weight excluding hydrogens is 460 g/mol. The molecule has 0 saturated heterocycles. The minimum atomic E-state index is -3.41. The summed E-state index contributed by atoms with van der Waals surface area (Å²) in [6.45, 7) is 2.83. The molecule has 1 N–H and O–H groups in total. The fourth-order valence-corrected chi connectivity index (χ4v) is 4.65. The Balaban J connectivity index is 1.32. The van der Waals surface area contributed by atoms with Crippen molar-refractivity contribution in [2.24, 2.45) is 0 Å². The zero-order valence-corrected chi connectivity index (χ0v) is 19.4. The zero-order chi connectivity index (χ0) is 23.9. The van der Waals surface area contributed by atoms with Crippen molar-refractivity contribution in [2.45, 2.75) is 25.0 Å². The van der Waals surface area contributed by atoms with Crippen LogP contribution in [-0.2, 0) is 16.4 Å². The molecule has 1 aromatic carbocycles. The van der Waals surface area contributed by atoms with Gasteiger partial charge in [0.1, 0.15) is 5.56 Å². The van der Waals surface area contributed by atoms with E-state index in [0.717, 1.165) is 17.5 Å². The molecule has 0 atom stereocenters. The topological polar surface area (TPSA) is 130 Å². The van der Waals surface area contributed by atoms with Crippen LogP contribution >= 0.6 is 0 Å². The Bertz CT molecular complexity index is 1510. The Morgan fingerprint density at radius 1 is 1.21 bits per heavy atom. The Hall–Kier alpha value is -3.93. The molecule has 0 saturated carbocycles. The predicted octanol–water partition coefficient (Wildman–Crippen LogP) is 1.85. The van der Waals surface area contributed by atoms with Gasteiger partial charge in [0, 0.05) is 43.0 Å². The molecule has 0 spiro atoms. The number of fused-ring (bicyclic) bond motifs is 2. The minimum absolute atomic E-state index is 0.0113. The van der Waals surface area contributed by atoms with Crippen LogP contribution < -0.4 is 14.8 Å². The first-order valence-corrected chi connectivity index (χ1v) is 12.5. The molecular formula is C22H22N6O5S. The molecule has 4 aromatic rings. The minimum Gasteiger partial charge on any atom is -0.454 e. The Labute approximate surface area is 195 Å². The van der Waals surface area contributed by atoms with Crippen LogP contribution in [0.5, 0.6) is 11.5 Å². The third-order valence-electron chi connectivity index (χ3n) is 5.43. The normalized spacial score (nSPS) is 12.9. The maximum atomic E-state index is 12.9. The van der Waals surface area contributed by atoms with Crippen LogP contribution in [0.1, 0.15) is 22.5 Å². The van der Waals surface area contributed by atoms with Crippen LogP contribution in [0.25, 0.3) is 16.9 Å². The Morgan fingerprint density at radius 3 is 2.85 bits per heavy atom. The average Bonchev–Trinajstić information content (AvgIpc) is 3.54. The summed E-state index contributed by atoms with van der Waals surface area (Å²) in [5.74, 6) is 1.03. The number of nitrogens with one attached hydrogen (secondary N) is 1. The van der Waals surface area contributed by atoms with Gasteiger partial charge in [-0.3, -0.25) is 4.79 Å². The molecule has 3 aromatic heterocycles. The second kappa shape index (κ2) is 8.45. The molecule has 1 aliphatic rings. The molecule has 5 rings (SSSR count). The number of rotatable bonds is 7. The molecule has 0 radical (unpaired) electrons. The van der Waals surface area contributed by atoms with E-state index in [2.05, 4.69) is 20.4 Å². The monoisotopic (exact) mass is 482 g/mol. The first-order chi connectivity index (χ1) is 16.3. The van der Waals surface area contributed by atoms with Crippen LogP contribution in [0.4, 0.5) is 0 Å². The van der Waals surface area contributed by atoms with Crippen LogP contribution in [0.15, 0.2) is 48.0 Å². The molecule has 1 amide bonds. The fraction of sp³-hybridized carbons (Fsp3) is 0.273. The number of amides is 1. The Kier molecular flexibility index (Phi) is 5.44. The molecule has 0 aliphatic carbocycles. The number of hydrogen-bond donors (Lipinski definition) is 1. The highest BCUT2D eigenvalue weighted by Crippen LogP contribution is 2.35. The maximum Gasteiger partial charge on any atom is 0.256 e. The standard InChI is InChI=1S/C22H22N6O5S/c1-14-10-17(15-4-5-18-19(11-15)33-13-32-18)26-20-16(12-25-28(14)20)21(29)23-6-3-8-27-9-7-24-22(27)34(2,30)31/h4-5,7,9-12H,3,6,8,13H2,1-2H3,(H,23,29). The largest absolute Gasteiger partial charge is 0.454 e. The summed E-state index contributed by atoms with van der Waals surface area (Å²) in [5, 5.41) is 7.18. The zero-order valence-electron chi connectivity index (χ0n) is 18.6. The molecule has 12 heteroatoms. The van der Waals surface area contributed by atoms with Crippen molar-refractivity contribution in [2.75, 3.05) is 19.6 Å². The second-order valence-corrected chi connectivity index (χ2v) is 9.84. The SMILES string of the molecule is Cc1cc(-c2ccc3c(c2)OCO3)nc2c(C(=O)NCCCn3ccnc3S(C)(=O)=O)cnn12. The van der Waals surface area contributed by atoms with Gasteiger partial charge in [-0.1, -0.05) is 0 Å². The van der Waals surface area contributed by atoms with E-state index in [4.69, 9.17) is 9.47 Å². The van der Waals surface area contributed by atoms with Crippen molar-refractivity contribution in [1.29, 1.82) is 0 Å². The van der Waals surface area contributed by atoms with Crippen LogP contribution in [-0.4, -0.2) is 58.1 Å². The van der Waals surface area contributed by atoms with E-state index in [1.54, 1.807) is 15.3 Å². The number of carbonyl (C=O) groups is 1. The van der Waals surface area contributed by atoms with Crippen molar-refractivity contribution in [3.05, 3.63) is 54.1 Å². The summed E-state index contributed by atoms with van der Waals surface area (Å²) in [6, 6.07) is 7.47. The first kappa shape index (κ1) is 21.9. The number of benzene rings is 1. The summed E-state index contributed by atoms with van der Waals surface area (Å²) in [4.78, 5) is 21.4. The third-order valence-corrected chi connectivity index (χ3v) is 6.44. The van der Waals surface area contributed by atoms with Crippen molar-refractivity contribution in [3.8, 4) is 22.8 Å². The van der Waals surface area contributed by atoms with Gasteiger partial charge < -0.3 is 19.4 Å². The van der Waals surface area contributed by atoms with E-state index in [-0.39, 0.29) is 17.9 Å². The van der Waals surface area contributed by atoms with E-state index >= 15 is 0 Å². The van der Waals surface area contributed by atoms with E-state index < -0.39 is 9.84 Å². The maximum absolute atomic E-state index is 12.9. The summed E-state index contributed by atoms with van der Waals surface area (Å²) in [7, 11) is -3.41. The van der Waals surface area contributed by atoms with Gasteiger partial charge in [0.25, 0.3) is 5.91 Å². The van der Waals surface area contributed by atoms with Gasteiger partial charge in [-0.15, -0.1) is 0 Å². The summed E-state index contributed by atoms with van der Waals surface area (Å²) in [6.07, 6.45) is 6.18. The number of imidazole rings is 1. The molecule has 11 nitrogen and oxygen atoms in total. The number of sulfone groups is 1. The van der Waals surface area contributed by atoms with Crippen molar-refractivity contribution in [3.63, 3.8) is 0 Å². The quantitative estimate of drug-likeness (QED) is 0.395. The number of carbonyl (C=O) groups excluding carboxylic acids is 1. The summed E-state index contributed by atoms with van der Waals surface area (Å²) in [5.41, 5.74) is 3.14. The van der Waals surface area contributed by atoms with E-state index in [1.165, 1.54) is 12.4 Å². The van der Waals surface area contributed by atoms with Gasteiger partial charge in [-0.25, -0.2) is 22.9 Å². The number of hydrogen-bond acceptors (Lipinski definition) is 8. The summed E-state index contributed by atoms with van der Waals surface area (Å²) < 4.78 is 37.5. The van der Waals surface area contributed by atoms with Gasteiger partial charge in [0.05, 0.1) is 11.9 Å². The molecule has 1 aliphatic heterocycles. The smallest absolute Gasteiger partial charge is 0.256 e. The van der Waals surface area contributed by atoms with Gasteiger partial charge in [0.15, 0.2) is 17.1 Å². The van der Waals surface area contributed by atoms with Crippen molar-refractivity contribution < 1.29 is 22.7 Å². The number of aromatic nitrogens is 5. The van der Waals surface area contributed by atoms with Crippen molar-refractivity contribution >= 4 is 21.4 Å². The van der Waals surface area contributed by atoms with Gasteiger partial charge in [0.2, 0.25) is 21.8 Å². The van der Waals surface area contributed by atoms with Crippen LogP contribution in [0, 0.1) is 6.92 Å². The summed E-state index contributed by atoms with van der Waals surface area (Å²) >= 11 is 0. The Morgan fingerprint density at radius 2 is 2.03 bits per heavy atom. The van der Waals surface area contributed by atoms with Crippen molar-refractivity contribution in [1.82, 2.24) is 29.5 Å². The molecule has 34 heavy (non-hydrogen) atoms. The molecule has 4 heterocycles. The first-order valence-electron chi connectivity index (χ1n) is 10.6.